The molecule has 98 valence electrons. The number of hydrogen-bond acceptors (Lipinski definition) is 4. The van der Waals surface area contributed by atoms with Crippen LogP contribution in [0.3, 0.4) is 0 Å². The molecular weight excluding hydrogens is 268 g/mol. The quantitative estimate of drug-likeness (QED) is 0.598. The highest BCUT2D eigenvalue weighted by Crippen LogP contribution is 2.71. The lowest BCUT2D eigenvalue weighted by Gasteiger charge is -2.04. The number of aliphatic hydroxyl groups excluding tert-OH is 1. The lowest BCUT2D eigenvalue weighted by molar-refractivity contribution is 0.298. The van der Waals surface area contributed by atoms with Gasteiger partial charge in [0, 0.05) is 31.6 Å². The van der Waals surface area contributed by atoms with Gasteiger partial charge < -0.3 is 19.8 Å². The molecule has 0 amide bonds. The summed E-state index contributed by atoms with van der Waals surface area (Å²) in [5.74, 6) is 0. The summed E-state index contributed by atoms with van der Waals surface area (Å²) in [6.07, 6.45) is 2.38. The number of hydrogen-bond donors (Lipinski definition) is 4. The summed E-state index contributed by atoms with van der Waals surface area (Å²) in [7, 11) is -8.92. The molecular formula is C8H15NO6P2. The van der Waals surface area contributed by atoms with Gasteiger partial charge in [-0.3, -0.25) is 9.55 Å². The van der Waals surface area contributed by atoms with Gasteiger partial charge in [0.05, 0.1) is 0 Å². The van der Waals surface area contributed by atoms with Crippen molar-refractivity contribution in [2.75, 3.05) is 13.3 Å². The Bertz CT molecular complexity index is 391. The van der Waals surface area contributed by atoms with E-state index in [-0.39, 0.29) is 6.61 Å². The van der Waals surface area contributed by atoms with Crippen LogP contribution in [0, 0.1) is 0 Å². The van der Waals surface area contributed by atoms with E-state index in [0.29, 0.717) is 13.1 Å². The molecule has 0 aromatic carbocycles. The van der Waals surface area contributed by atoms with Crippen LogP contribution >= 0.6 is 14.3 Å². The van der Waals surface area contributed by atoms with Crippen LogP contribution in [0.15, 0.2) is 24.4 Å². The van der Waals surface area contributed by atoms with Crippen LogP contribution in [-0.2, 0) is 15.6 Å². The smallest absolute Gasteiger partial charge is 0.396 e. The van der Waals surface area contributed by atoms with Gasteiger partial charge in [0.1, 0.15) is 0 Å². The lowest BCUT2D eigenvalue weighted by Crippen LogP contribution is -1.91. The third-order valence-electron chi connectivity index (χ3n) is 1.58. The second-order valence-corrected chi connectivity index (χ2v) is 9.63. The van der Waals surface area contributed by atoms with Crippen LogP contribution in [0.1, 0.15) is 5.69 Å². The number of nitrogens with zero attached hydrogens (tertiary/aromatic N) is 1. The van der Waals surface area contributed by atoms with E-state index in [1.54, 1.807) is 6.20 Å². The van der Waals surface area contributed by atoms with E-state index in [4.69, 9.17) is 19.8 Å². The summed E-state index contributed by atoms with van der Waals surface area (Å²) >= 11 is 0. The van der Waals surface area contributed by atoms with E-state index in [2.05, 4.69) is 4.98 Å². The Labute approximate surface area is 98.7 Å². The topological polar surface area (TPSA) is 128 Å². The molecule has 7 nitrogen and oxygen atoms in total. The third-order valence-corrected chi connectivity index (χ3v) is 5.44. The Morgan fingerprint density at radius 3 is 2.06 bits per heavy atom. The van der Waals surface area contributed by atoms with Crippen molar-refractivity contribution in [1.29, 1.82) is 0 Å². The Morgan fingerprint density at radius 1 is 1.24 bits per heavy atom. The Kier molecular flexibility index (Phi) is 6.78. The first-order valence-electron chi connectivity index (χ1n) is 4.55. The van der Waals surface area contributed by atoms with E-state index in [1.165, 1.54) is 0 Å². The maximum Gasteiger partial charge on any atom is 0.407 e. The number of aliphatic hydroxyl groups is 1. The highest BCUT2D eigenvalue weighted by molar-refractivity contribution is 8.28. The molecule has 4 N–H and O–H groups in total. The van der Waals surface area contributed by atoms with Crippen molar-refractivity contribution in [3.8, 4) is 0 Å². The standard InChI is InChI=1S/C7H9NO.CH6O5P2/c9-6-4-7-3-1-2-5-8-7;1-7(2,3)8(4,5)6/h1-3,5,9H,4,6H2;1H3,(H,2,3)(H2,4,5,6). The summed E-state index contributed by atoms with van der Waals surface area (Å²) in [4.78, 5) is 28.1. The Balaban J connectivity index is 0.000000304. The first-order valence-corrected chi connectivity index (χ1v) is 8.98. The van der Waals surface area contributed by atoms with Crippen molar-refractivity contribution in [2.45, 2.75) is 6.42 Å². The molecule has 1 atom stereocenters. The molecule has 0 aliphatic carbocycles. The molecule has 1 unspecified atom stereocenters. The maximum absolute atomic E-state index is 10.0. The maximum atomic E-state index is 10.0. The lowest BCUT2D eigenvalue weighted by atomic mass is 10.3. The predicted octanol–water partition coefficient (Wildman–Crippen LogP) is 0.596. The molecule has 0 fully saturated rings. The second-order valence-electron chi connectivity index (χ2n) is 3.14. The zero-order valence-electron chi connectivity index (χ0n) is 9.17. The largest absolute Gasteiger partial charge is 0.407 e. The minimum atomic E-state index is -4.74. The van der Waals surface area contributed by atoms with Crippen LogP contribution in [0.4, 0.5) is 0 Å². The van der Waals surface area contributed by atoms with Gasteiger partial charge in [0.2, 0.25) is 0 Å². The van der Waals surface area contributed by atoms with E-state index in [9.17, 15) is 9.13 Å². The van der Waals surface area contributed by atoms with Gasteiger partial charge in [-0.1, -0.05) is 6.07 Å². The van der Waals surface area contributed by atoms with E-state index >= 15 is 0 Å². The van der Waals surface area contributed by atoms with Crippen LogP contribution in [0.2, 0.25) is 0 Å². The van der Waals surface area contributed by atoms with E-state index in [0.717, 1.165) is 5.69 Å². The van der Waals surface area contributed by atoms with Gasteiger partial charge >= 0.3 is 14.3 Å². The zero-order valence-corrected chi connectivity index (χ0v) is 11.0. The van der Waals surface area contributed by atoms with Gasteiger partial charge in [-0.05, 0) is 12.1 Å². The van der Waals surface area contributed by atoms with Crippen LogP contribution < -0.4 is 0 Å². The van der Waals surface area contributed by atoms with E-state index in [1.807, 2.05) is 18.2 Å². The van der Waals surface area contributed by atoms with Crippen molar-refractivity contribution in [3.05, 3.63) is 30.1 Å². The molecule has 0 saturated carbocycles. The number of aromatic nitrogens is 1. The molecule has 1 aromatic rings. The fraction of sp³-hybridized carbons (Fsp3) is 0.375. The Morgan fingerprint density at radius 2 is 1.76 bits per heavy atom. The van der Waals surface area contributed by atoms with Crippen molar-refractivity contribution in [2.24, 2.45) is 0 Å². The molecule has 0 aliphatic rings. The summed E-state index contributed by atoms with van der Waals surface area (Å²) in [5, 5.41) is 8.48. The van der Waals surface area contributed by atoms with Crippen LogP contribution in [-0.4, -0.2) is 38.0 Å². The average molecular weight is 283 g/mol. The van der Waals surface area contributed by atoms with Crippen molar-refractivity contribution in [3.63, 3.8) is 0 Å². The normalized spacial score (nSPS) is 14.4. The molecule has 0 saturated heterocycles. The van der Waals surface area contributed by atoms with Gasteiger partial charge in [-0.25, -0.2) is 4.57 Å². The van der Waals surface area contributed by atoms with E-state index < -0.39 is 14.3 Å². The fourth-order valence-electron chi connectivity index (χ4n) is 0.661. The average Bonchev–Trinajstić information content (AvgIpc) is 2.17. The van der Waals surface area contributed by atoms with Crippen LogP contribution in [0.25, 0.3) is 0 Å². The monoisotopic (exact) mass is 283 g/mol. The van der Waals surface area contributed by atoms with Crippen molar-refractivity contribution < 1.29 is 28.9 Å². The van der Waals surface area contributed by atoms with Gasteiger partial charge in [-0.15, -0.1) is 0 Å². The van der Waals surface area contributed by atoms with Gasteiger partial charge in [-0.2, -0.15) is 0 Å². The predicted molar refractivity (Wildman–Crippen MR) is 62.8 cm³/mol. The first-order chi connectivity index (χ1) is 7.68. The van der Waals surface area contributed by atoms with Gasteiger partial charge in [0.15, 0.2) is 0 Å². The Hall–Kier alpha value is -0.550. The second kappa shape index (κ2) is 7.01. The minimum absolute atomic E-state index is 0.178. The third kappa shape index (κ3) is 7.39. The number of pyridine rings is 1. The summed E-state index contributed by atoms with van der Waals surface area (Å²) in [6.45, 7) is 0.796. The highest BCUT2D eigenvalue weighted by atomic mass is 32.1. The molecule has 17 heavy (non-hydrogen) atoms. The number of rotatable bonds is 3. The molecule has 1 rings (SSSR count). The first kappa shape index (κ1) is 16.4. The highest BCUT2D eigenvalue weighted by Gasteiger charge is 2.33. The molecule has 0 radical (unpaired) electrons. The van der Waals surface area contributed by atoms with Gasteiger partial charge in [0.25, 0.3) is 0 Å². The summed E-state index contributed by atoms with van der Waals surface area (Å²) in [5.41, 5.74) is 0.944. The molecule has 1 aromatic heterocycles. The molecule has 9 heteroatoms. The summed E-state index contributed by atoms with van der Waals surface area (Å²) < 4.78 is 19.9. The molecule has 1 heterocycles. The van der Waals surface area contributed by atoms with Crippen molar-refractivity contribution in [1.82, 2.24) is 4.98 Å². The zero-order chi connectivity index (χ0) is 13.5. The fourth-order valence-corrected chi connectivity index (χ4v) is 0.661. The summed E-state index contributed by atoms with van der Waals surface area (Å²) in [6, 6.07) is 5.68. The molecule has 0 aliphatic heterocycles. The van der Waals surface area contributed by atoms with Crippen molar-refractivity contribution >= 4 is 14.3 Å². The minimum Gasteiger partial charge on any atom is -0.396 e. The van der Waals surface area contributed by atoms with Crippen LogP contribution in [0.5, 0.6) is 0 Å². The SMILES string of the molecule is CP(=O)(O)P(=O)(O)O.OCCc1ccccn1. The molecule has 0 bridgehead atoms. The molecule has 0 spiro atoms.